The van der Waals surface area contributed by atoms with Crippen LogP contribution in [0.2, 0.25) is 0 Å². The van der Waals surface area contributed by atoms with Gasteiger partial charge in [-0.15, -0.1) is 0 Å². The van der Waals surface area contributed by atoms with Crippen LogP contribution in [0.4, 0.5) is 0 Å². The summed E-state index contributed by atoms with van der Waals surface area (Å²) in [6.45, 7) is 0. The topological polar surface area (TPSA) is 45.8 Å². The quantitative estimate of drug-likeness (QED) is 0.582. The fourth-order valence-electron chi connectivity index (χ4n) is 3.44. The minimum absolute atomic E-state index is 0.0681. The van der Waals surface area contributed by atoms with Gasteiger partial charge in [0.15, 0.2) is 0 Å². The normalized spacial score (nSPS) is 12.2. The second-order valence-electron chi connectivity index (χ2n) is 6.62. The van der Waals surface area contributed by atoms with Crippen LogP contribution in [0.1, 0.15) is 22.6 Å². The first-order valence-corrected chi connectivity index (χ1v) is 8.84. The largest absolute Gasteiger partial charge is 0.322 e. The average molecular weight is 340 g/mol. The molecule has 1 unspecified atom stereocenters. The maximum atomic E-state index is 11.5. The van der Waals surface area contributed by atoms with E-state index in [0.29, 0.717) is 5.92 Å². The Hall–Kier alpha value is -3.20. The Kier molecular flexibility index (Phi) is 4.61. The Labute approximate surface area is 152 Å². The highest BCUT2D eigenvalue weighted by molar-refractivity contribution is 5.79. The van der Waals surface area contributed by atoms with Crippen LogP contribution in [-0.4, -0.2) is 9.97 Å². The van der Waals surface area contributed by atoms with Crippen molar-refractivity contribution in [2.75, 3.05) is 0 Å². The van der Waals surface area contributed by atoms with Crippen LogP contribution in [0, 0.1) is 0 Å². The Balaban J connectivity index is 1.71. The second-order valence-corrected chi connectivity index (χ2v) is 6.62. The third-order valence-corrected chi connectivity index (χ3v) is 4.75. The minimum atomic E-state index is -0.0681. The van der Waals surface area contributed by atoms with Crippen molar-refractivity contribution < 1.29 is 0 Å². The summed E-state index contributed by atoms with van der Waals surface area (Å²) in [5.74, 6) is 0.345. The summed E-state index contributed by atoms with van der Waals surface area (Å²) in [5.41, 5.74) is 4.64. The van der Waals surface area contributed by atoms with E-state index < -0.39 is 0 Å². The van der Waals surface area contributed by atoms with E-state index in [2.05, 4.69) is 52.4 Å². The number of benzene rings is 2. The number of aromatic nitrogens is 2. The van der Waals surface area contributed by atoms with Gasteiger partial charge in [0, 0.05) is 24.0 Å². The van der Waals surface area contributed by atoms with Gasteiger partial charge in [-0.1, -0.05) is 42.5 Å². The Morgan fingerprint density at radius 3 is 2.46 bits per heavy atom. The van der Waals surface area contributed by atoms with Gasteiger partial charge in [-0.3, -0.25) is 9.78 Å². The van der Waals surface area contributed by atoms with Crippen LogP contribution in [0.5, 0.6) is 0 Å². The Bertz CT molecular complexity index is 1010. The van der Waals surface area contributed by atoms with E-state index in [0.717, 1.165) is 23.7 Å². The minimum Gasteiger partial charge on any atom is -0.322 e. The molecule has 1 atom stereocenters. The van der Waals surface area contributed by atoms with E-state index in [1.165, 1.54) is 16.7 Å². The molecule has 128 valence electrons. The van der Waals surface area contributed by atoms with Crippen molar-refractivity contribution in [3.63, 3.8) is 0 Å². The SMILES string of the molecule is O=c1ccc2cc(C(Cc3ccccc3)Cc3cccnc3)ccc2[nH]1. The molecular formula is C23H20N2O. The lowest BCUT2D eigenvalue weighted by Crippen LogP contribution is -2.08. The molecule has 2 heterocycles. The first-order chi connectivity index (χ1) is 12.8. The molecule has 0 fully saturated rings. The average Bonchev–Trinajstić information content (AvgIpc) is 2.69. The number of nitrogens with one attached hydrogen (secondary N) is 1. The summed E-state index contributed by atoms with van der Waals surface area (Å²) in [6, 6.07) is 24.5. The zero-order valence-electron chi connectivity index (χ0n) is 14.4. The zero-order chi connectivity index (χ0) is 17.8. The standard InChI is InChI=1S/C23H20N2O/c26-23-11-9-20-15-19(8-10-22(20)25-23)21(13-17-5-2-1-3-6-17)14-18-7-4-12-24-16-18/h1-12,15-16,21H,13-14H2,(H,25,26). The molecule has 2 aromatic carbocycles. The van der Waals surface area contributed by atoms with Crippen molar-refractivity contribution in [3.05, 3.63) is 112 Å². The summed E-state index contributed by atoms with van der Waals surface area (Å²) < 4.78 is 0. The summed E-state index contributed by atoms with van der Waals surface area (Å²) in [5, 5.41) is 1.06. The van der Waals surface area contributed by atoms with Crippen LogP contribution in [-0.2, 0) is 12.8 Å². The van der Waals surface area contributed by atoms with E-state index in [1.807, 2.05) is 36.7 Å². The molecule has 0 saturated heterocycles. The van der Waals surface area contributed by atoms with Gasteiger partial charge in [-0.25, -0.2) is 0 Å². The van der Waals surface area contributed by atoms with Crippen molar-refractivity contribution >= 4 is 10.9 Å². The maximum absolute atomic E-state index is 11.5. The Morgan fingerprint density at radius 1 is 0.846 bits per heavy atom. The summed E-state index contributed by atoms with van der Waals surface area (Å²) in [4.78, 5) is 18.7. The fraction of sp³-hybridized carbons (Fsp3) is 0.130. The first-order valence-electron chi connectivity index (χ1n) is 8.84. The summed E-state index contributed by atoms with van der Waals surface area (Å²) in [6.07, 6.45) is 5.64. The summed E-state index contributed by atoms with van der Waals surface area (Å²) >= 11 is 0. The van der Waals surface area contributed by atoms with E-state index in [4.69, 9.17) is 0 Å². The van der Waals surface area contributed by atoms with Crippen molar-refractivity contribution in [2.45, 2.75) is 18.8 Å². The zero-order valence-corrected chi connectivity index (χ0v) is 14.4. The molecule has 0 spiro atoms. The molecule has 0 bridgehead atoms. The van der Waals surface area contributed by atoms with E-state index in [1.54, 1.807) is 6.07 Å². The van der Waals surface area contributed by atoms with Gasteiger partial charge in [0.2, 0.25) is 5.56 Å². The third kappa shape index (κ3) is 3.72. The molecule has 4 rings (SSSR count). The highest BCUT2D eigenvalue weighted by atomic mass is 16.1. The summed E-state index contributed by atoms with van der Waals surface area (Å²) in [7, 11) is 0. The molecule has 0 amide bonds. The van der Waals surface area contributed by atoms with Gasteiger partial charge < -0.3 is 4.98 Å². The van der Waals surface area contributed by atoms with Crippen molar-refractivity contribution in [1.82, 2.24) is 9.97 Å². The van der Waals surface area contributed by atoms with Gasteiger partial charge in [0.05, 0.1) is 0 Å². The second kappa shape index (κ2) is 7.36. The van der Waals surface area contributed by atoms with Gasteiger partial charge >= 0.3 is 0 Å². The predicted molar refractivity (Wildman–Crippen MR) is 105 cm³/mol. The number of rotatable bonds is 5. The van der Waals surface area contributed by atoms with Gasteiger partial charge in [0.1, 0.15) is 0 Å². The number of fused-ring (bicyclic) bond motifs is 1. The van der Waals surface area contributed by atoms with Crippen LogP contribution >= 0.6 is 0 Å². The molecule has 4 aromatic rings. The molecule has 0 saturated carbocycles. The van der Waals surface area contributed by atoms with Crippen LogP contribution in [0.15, 0.2) is 90.0 Å². The Morgan fingerprint density at radius 2 is 1.65 bits per heavy atom. The van der Waals surface area contributed by atoms with Gasteiger partial charge in [-0.05, 0) is 65.1 Å². The number of pyridine rings is 2. The molecule has 0 aliphatic rings. The molecule has 3 nitrogen and oxygen atoms in total. The fourth-order valence-corrected chi connectivity index (χ4v) is 3.44. The lowest BCUT2D eigenvalue weighted by atomic mass is 9.86. The predicted octanol–water partition coefficient (Wildman–Crippen LogP) is 4.49. The number of aromatic amines is 1. The third-order valence-electron chi connectivity index (χ3n) is 4.75. The lowest BCUT2D eigenvalue weighted by molar-refractivity contribution is 0.679. The monoisotopic (exact) mass is 340 g/mol. The number of hydrogen-bond donors (Lipinski definition) is 1. The van der Waals surface area contributed by atoms with Gasteiger partial charge in [-0.2, -0.15) is 0 Å². The molecule has 2 aromatic heterocycles. The maximum Gasteiger partial charge on any atom is 0.248 e. The first kappa shape index (κ1) is 16.3. The molecule has 26 heavy (non-hydrogen) atoms. The van der Waals surface area contributed by atoms with E-state index in [-0.39, 0.29) is 5.56 Å². The molecule has 3 heteroatoms. The molecule has 0 aliphatic heterocycles. The number of H-pyrrole nitrogens is 1. The van der Waals surface area contributed by atoms with Crippen LogP contribution in [0.3, 0.4) is 0 Å². The molecule has 0 radical (unpaired) electrons. The highest BCUT2D eigenvalue weighted by Gasteiger charge is 2.14. The smallest absolute Gasteiger partial charge is 0.248 e. The van der Waals surface area contributed by atoms with Crippen LogP contribution in [0.25, 0.3) is 10.9 Å². The van der Waals surface area contributed by atoms with E-state index in [9.17, 15) is 4.79 Å². The molecular weight excluding hydrogens is 320 g/mol. The van der Waals surface area contributed by atoms with Crippen molar-refractivity contribution in [1.29, 1.82) is 0 Å². The number of nitrogens with zero attached hydrogens (tertiary/aromatic N) is 1. The lowest BCUT2D eigenvalue weighted by Gasteiger charge is -2.18. The highest BCUT2D eigenvalue weighted by Crippen LogP contribution is 2.27. The molecule has 0 aliphatic carbocycles. The van der Waals surface area contributed by atoms with E-state index >= 15 is 0 Å². The van der Waals surface area contributed by atoms with Crippen LogP contribution < -0.4 is 5.56 Å². The van der Waals surface area contributed by atoms with Gasteiger partial charge in [0.25, 0.3) is 0 Å². The van der Waals surface area contributed by atoms with Crippen molar-refractivity contribution in [2.24, 2.45) is 0 Å². The number of hydrogen-bond acceptors (Lipinski definition) is 2. The van der Waals surface area contributed by atoms with Crippen molar-refractivity contribution in [3.8, 4) is 0 Å². The molecule has 1 N–H and O–H groups in total.